The van der Waals surface area contributed by atoms with Crippen molar-refractivity contribution in [1.29, 1.82) is 0 Å². The predicted molar refractivity (Wildman–Crippen MR) is 115 cm³/mol. The smallest absolute Gasteiger partial charge is 0.790 e. The van der Waals surface area contributed by atoms with Crippen LogP contribution in [0.3, 0.4) is 0 Å². The molecule has 0 spiro atoms. The second kappa shape index (κ2) is 10.1. The van der Waals surface area contributed by atoms with Crippen molar-refractivity contribution < 1.29 is 111 Å². The number of ketones is 2. The molecule has 0 aromatic rings. The van der Waals surface area contributed by atoms with Crippen LogP contribution in [0.5, 0.6) is 0 Å². The minimum atomic E-state index is -5.49. The number of phosphoric ester groups is 1. The van der Waals surface area contributed by atoms with E-state index in [4.69, 9.17) is 9.47 Å². The summed E-state index contributed by atoms with van der Waals surface area (Å²) in [5.41, 5.74) is -7.16. The summed E-state index contributed by atoms with van der Waals surface area (Å²) in [7, 11) is -5.49. The quantitative estimate of drug-likeness (QED) is 0.258. The number of aliphatic hydroxyl groups excluding tert-OH is 1. The number of ether oxygens (including phenoxy) is 2. The van der Waals surface area contributed by atoms with Crippen LogP contribution in [0.2, 0.25) is 0 Å². The van der Waals surface area contributed by atoms with Crippen LogP contribution in [-0.2, 0) is 28.2 Å². The molecule has 0 unspecified atom stereocenters. The van der Waals surface area contributed by atoms with Crippen LogP contribution in [-0.4, -0.2) is 58.7 Å². The van der Waals surface area contributed by atoms with Gasteiger partial charge in [-0.1, -0.05) is 13.0 Å². The summed E-state index contributed by atoms with van der Waals surface area (Å²) in [6.07, 6.45) is -1.29. The summed E-state index contributed by atoms with van der Waals surface area (Å²) in [4.78, 5) is 47.7. The van der Waals surface area contributed by atoms with Crippen molar-refractivity contribution >= 4 is 19.4 Å². The van der Waals surface area contributed by atoms with Gasteiger partial charge in [0, 0.05) is 16.7 Å². The number of fused-ring (bicyclic) bond motifs is 7. The molecule has 4 fully saturated rings. The van der Waals surface area contributed by atoms with Crippen LogP contribution in [0.25, 0.3) is 0 Å². The minimum absolute atomic E-state index is 0. The van der Waals surface area contributed by atoms with Crippen LogP contribution in [0, 0.1) is 22.7 Å². The van der Waals surface area contributed by atoms with Gasteiger partial charge in [-0.05, 0) is 63.7 Å². The SMILES string of the molecule is CC1(C)O[C@@H]2C[C@H]3[C@@H]4C[C@H](F)C5=CC(=O)C=C[C@]5(C)[C@@]4(F)[C@@H](O)C[C@]3(C)[C@]2(C(=O)COP(=O)([O-])[O-])O1.[Na+].[Na+]. The van der Waals surface area contributed by atoms with Crippen molar-refractivity contribution in [2.24, 2.45) is 22.7 Å². The number of carbonyl (C=O) groups excluding carboxylic acids is 2. The first-order chi connectivity index (χ1) is 16.4. The van der Waals surface area contributed by atoms with Crippen molar-refractivity contribution in [3.05, 3.63) is 23.8 Å². The van der Waals surface area contributed by atoms with Gasteiger partial charge in [0.15, 0.2) is 28.6 Å². The van der Waals surface area contributed by atoms with E-state index < -0.39 is 84.1 Å². The van der Waals surface area contributed by atoms with Gasteiger partial charge in [0.05, 0.1) is 20.0 Å². The molecule has 200 valence electrons. The summed E-state index contributed by atoms with van der Waals surface area (Å²) >= 11 is 0. The number of Topliss-reactive ketones (excluding diaryl/α,β-unsaturated/α-hetero) is 1. The maximum Gasteiger partial charge on any atom is 1.00 e. The summed E-state index contributed by atoms with van der Waals surface area (Å²) in [6.45, 7) is 5.10. The Morgan fingerprint density at radius 2 is 1.84 bits per heavy atom. The topological polar surface area (TPSA) is 145 Å². The molecule has 38 heavy (non-hydrogen) atoms. The molecule has 14 heteroatoms. The second-order valence-electron chi connectivity index (χ2n) is 11.6. The third kappa shape index (κ3) is 4.43. The summed E-state index contributed by atoms with van der Waals surface area (Å²) in [6, 6.07) is 0. The number of hydrogen-bond donors (Lipinski definition) is 1. The standard InChI is InChI=1S/C24H31F2O9P.2Na/c1-20(2)34-19-9-13-14-8-16(25)15-7-12(27)5-6-21(15,3)23(14,26)17(28)10-22(13,4)24(19,35-20)18(29)11-33-36(30,31)32;;/h5-7,13-14,16-17,19,28H,8-11H2,1-4H3,(H2,30,31,32);;/q;2*+1/p-2/t13-,14-,16-,17-,19+,21-,22-,23-,24+;;/m0../s1. The number of halogens is 2. The third-order valence-electron chi connectivity index (χ3n) is 9.39. The zero-order valence-electron chi connectivity index (χ0n) is 22.4. The Labute approximate surface area is 263 Å². The average molecular weight is 576 g/mol. The number of hydrogen-bond acceptors (Lipinski definition) is 9. The van der Waals surface area contributed by atoms with Crippen molar-refractivity contribution in [3.8, 4) is 0 Å². The van der Waals surface area contributed by atoms with E-state index in [1.807, 2.05) is 0 Å². The Balaban J connectivity index is 0.00000200. The number of aliphatic hydroxyl groups is 1. The fraction of sp³-hybridized carbons (Fsp3) is 0.750. The average Bonchev–Trinajstić information content (AvgIpc) is 3.16. The number of carbonyl (C=O) groups is 2. The van der Waals surface area contributed by atoms with Gasteiger partial charge in [0.25, 0.3) is 0 Å². The van der Waals surface area contributed by atoms with E-state index in [0.29, 0.717) is 0 Å². The van der Waals surface area contributed by atoms with Crippen molar-refractivity contribution in [3.63, 3.8) is 0 Å². The molecular weight excluding hydrogens is 547 g/mol. The first-order valence-corrected chi connectivity index (χ1v) is 13.4. The molecule has 1 heterocycles. The molecule has 0 aromatic carbocycles. The number of alkyl halides is 2. The summed E-state index contributed by atoms with van der Waals surface area (Å²) in [5.74, 6) is -4.43. The molecule has 9 atom stereocenters. The van der Waals surface area contributed by atoms with Gasteiger partial charge >= 0.3 is 59.1 Å². The van der Waals surface area contributed by atoms with E-state index >= 15 is 8.78 Å². The molecule has 0 amide bonds. The Morgan fingerprint density at radius 1 is 1.21 bits per heavy atom. The Morgan fingerprint density at radius 3 is 2.45 bits per heavy atom. The van der Waals surface area contributed by atoms with E-state index in [1.54, 1.807) is 20.8 Å². The van der Waals surface area contributed by atoms with E-state index in [1.165, 1.54) is 19.1 Å². The molecule has 0 aromatic heterocycles. The van der Waals surface area contributed by atoms with Gasteiger partial charge < -0.3 is 33.5 Å². The summed E-state index contributed by atoms with van der Waals surface area (Å²) in [5, 5.41) is 11.4. The predicted octanol–water partition coefficient (Wildman–Crippen LogP) is -4.77. The van der Waals surface area contributed by atoms with Crippen molar-refractivity contribution in [2.45, 2.75) is 82.4 Å². The van der Waals surface area contributed by atoms with Crippen LogP contribution in [0.1, 0.15) is 47.0 Å². The maximum absolute atomic E-state index is 17.3. The Bertz CT molecular complexity index is 1140. The Kier molecular flexibility index (Phi) is 8.85. The molecule has 1 aliphatic heterocycles. The van der Waals surface area contributed by atoms with Crippen LogP contribution in [0.15, 0.2) is 23.8 Å². The van der Waals surface area contributed by atoms with Crippen molar-refractivity contribution in [1.82, 2.24) is 0 Å². The van der Waals surface area contributed by atoms with Gasteiger partial charge in [-0.2, -0.15) is 0 Å². The number of rotatable bonds is 4. The van der Waals surface area contributed by atoms with Gasteiger partial charge in [-0.3, -0.25) is 9.59 Å². The minimum Gasteiger partial charge on any atom is -0.790 e. The molecule has 5 rings (SSSR count). The molecule has 0 bridgehead atoms. The van der Waals surface area contributed by atoms with E-state index in [0.717, 1.165) is 6.08 Å². The molecular formula is C24H29F2Na2O9P. The molecule has 9 nitrogen and oxygen atoms in total. The summed E-state index contributed by atoms with van der Waals surface area (Å²) < 4.78 is 60.4. The number of phosphoric acid groups is 1. The van der Waals surface area contributed by atoms with Crippen LogP contribution < -0.4 is 68.9 Å². The van der Waals surface area contributed by atoms with Gasteiger partial charge in [-0.25, -0.2) is 8.78 Å². The number of allylic oxidation sites excluding steroid dienone is 4. The normalized spacial score (nSPS) is 46.5. The third-order valence-corrected chi connectivity index (χ3v) is 9.83. The molecule has 3 saturated carbocycles. The molecule has 1 N–H and O–H groups in total. The monoisotopic (exact) mass is 576 g/mol. The van der Waals surface area contributed by atoms with Crippen LogP contribution >= 0.6 is 7.82 Å². The zero-order chi connectivity index (χ0) is 26.7. The van der Waals surface area contributed by atoms with E-state index in [2.05, 4.69) is 4.52 Å². The van der Waals surface area contributed by atoms with E-state index in [-0.39, 0.29) is 84.0 Å². The Hall–Kier alpha value is 0.670. The maximum atomic E-state index is 17.3. The fourth-order valence-electron chi connectivity index (χ4n) is 8.05. The largest absolute Gasteiger partial charge is 1.00 e. The zero-order valence-corrected chi connectivity index (χ0v) is 27.3. The second-order valence-corrected chi connectivity index (χ2v) is 12.7. The molecule has 0 radical (unpaired) electrons. The van der Waals surface area contributed by atoms with Crippen LogP contribution in [0.4, 0.5) is 8.78 Å². The van der Waals surface area contributed by atoms with Gasteiger partial charge in [-0.15, -0.1) is 0 Å². The van der Waals surface area contributed by atoms with Gasteiger partial charge in [0.2, 0.25) is 0 Å². The fourth-order valence-corrected chi connectivity index (χ4v) is 8.32. The first-order valence-electron chi connectivity index (χ1n) is 12.0. The van der Waals surface area contributed by atoms with E-state index in [9.17, 15) is 29.0 Å². The van der Waals surface area contributed by atoms with Crippen molar-refractivity contribution in [2.75, 3.05) is 6.61 Å². The molecule has 4 aliphatic carbocycles. The first kappa shape index (κ1) is 33.2. The molecule has 1 saturated heterocycles. The van der Waals surface area contributed by atoms with Gasteiger partial charge in [0.1, 0.15) is 12.8 Å². The molecule has 5 aliphatic rings.